The van der Waals surface area contributed by atoms with E-state index in [1.807, 2.05) is 6.07 Å². The van der Waals surface area contributed by atoms with Gasteiger partial charge in [0, 0.05) is 11.4 Å². The fourth-order valence-electron chi connectivity index (χ4n) is 5.22. The van der Waals surface area contributed by atoms with Crippen LogP contribution in [0.25, 0.3) is 0 Å². The molecule has 1 saturated carbocycles. The zero-order valence-electron chi connectivity index (χ0n) is 21.7. The largest absolute Gasteiger partial charge is 0.446 e. The molecule has 0 bridgehead atoms. The third kappa shape index (κ3) is 5.77. The van der Waals surface area contributed by atoms with Gasteiger partial charge in [-0.25, -0.2) is 4.98 Å². The highest BCUT2D eigenvalue weighted by Gasteiger charge is 2.49. The fourth-order valence-corrected chi connectivity index (χ4v) is 5.83. The summed E-state index contributed by atoms with van der Waals surface area (Å²) in [6, 6.07) is 13.6. The molecule has 1 unspecified atom stereocenters. The Morgan fingerprint density at radius 3 is 2.54 bits per heavy atom. The first-order valence-corrected chi connectivity index (χ1v) is 13.8. The highest BCUT2D eigenvalue weighted by Crippen LogP contribution is 2.52. The van der Waals surface area contributed by atoms with E-state index in [-0.39, 0.29) is 39.7 Å². The van der Waals surface area contributed by atoms with E-state index in [1.165, 1.54) is 28.7 Å². The molecule has 1 fully saturated rings. The average Bonchev–Trinajstić information content (AvgIpc) is 3.71. The normalized spacial score (nSPS) is 17.5. The van der Waals surface area contributed by atoms with Crippen molar-refractivity contribution in [3.63, 3.8) is 0 Å². The van der Waals surface area contributed by atoms with Crippen molar-refractivity contribution in [2.45, 2.75) is 73.9 Å². The Labute approximate surface area is 228 Å². The molecule has 6 nitrogen and oxygen atoms in total. The van der Waals surface area contributed by atoms with E-state index in [0.29, 0.717) is 42.4 Å². The number of carbonyl (C=O) groups excluding carboxylic acids is 1. The Morgan fingerprint density at radius 2 is 1.85 bits per heavy atom. The highest BCUT2D eigenvalue weighted by molar-refractivity contribution is 8.00. The molecule has 3 aromatic rings. The van der Waals surface area contributed by atoms with E-state index in [4.69, 9.17) is 4.98 Å². The molecule has 2 N–H and O–H groups in total. The van der Waals surface area contributed by atoms with Crippen LogP contribution in [0, 0.1) is 0 Å². The summed E-state index contributed by atoms with van der Waals surface area (Å²) in [5.41, 5.74) is -1.65. The maximum absolute atomic E-state index is 13.3. The number of aromatic amines is 1. The van der Waals surface area contributed by atoms with E-state index in [9.17, 15) is 27.9 Å². The SMILES string of the molecule is CC(C)c1cccc(C2(c3nc4c(c(=O)[nH]3)CN(C(=O)C(O)c3cccc(SC(F)(F)F)c3)CCC4)CC2)c1. The summed E-state index contributed by atoms with van der Waals surface area (Å²) in [6.45, 7) is 4.55. The van der Waals surface area contributed by atoms with Crippen LogP contribution in [-0.4, -0.2) is 37.9 Å². The number of fused-ring (bicyclic) bond motifs is 1. The van der Waals surface area contributed by atoms with Gasteiger partial charge in [-0.3, -0.25) is 9.59 Å². The van der Waals surface area contributed by atoms with Crippen LogP contribution in [0.4, 0.5) is 13.2 Å². The number of amides is 1. The first-order chi connectivity index (χ1) is 18.5. The summed E-state index contributed by atoms with van der Waals surface area (Å²) in [5, 5.41) is 10.7. The van der Waals surface area contributed by atoms with E-state index in [1.54, 1.807) is 0 Å². The van der Waals surface area contributed by atoms with Crippen LogP contribution in [0.2, 0.25) is 0 Å². The van der Waals surface area contributed by atoms with Crippen LogP contribution >= 0.6 is 11.8 Å². The molecule has 1 aromatic heterocycles. The second-order valence-corrected chi connectivity index (χ2v) is 11.7. The number of hydrogen-bond acceptors (Lipinski definition) is 5. The molecule has 0 radical (unpaired) electrons. The lowest BCUT2D eigenvalue weighted by Crippen LogP contribution is -2.36. The molecule has 2 heterocycles. The van der Waals surface area contributed by atoms with Gasteiger partial charge in [-0.1, -0.05) is 50.2 Å². The molecule has 10 heteroatoms. The minimum Gasteiger partial charge on any atom is -0.378 e. The van der Waals surface area contributed by atoms with Gasteiger partial charge in [0.1, 0.15) is 5.82 Å². The molecular formula is C29H30F3N3O3S. The lowest BCUT2D eigenvalue weighted by molar-refractivity contribution is -0.141. The highest BCUT2D eigenvalue weighted by atomic mass is 32.2. The first kappa shape index (κ1) is 27.5. The van der Waals surface area contributed by atoms with Gasteiger partial charge < -0.3 is 15.0 Å². The van der Waals surface area contributed by atoms with Gasteiger partial charge >= 0.3 is 5.51 Å². The molecule has 1 atom stereocenters. The molecule has 2 aliphatic rings. The second-order valence-electron chi connectivity index (χ2n) is 10.6. The molecule has 0 spiro atoms. The number of aryl methyl sites for hydroxylation is 1. The third-order valence-corrected chi connectivity index (χ3v) is 8.27. The summed E-state index contributed by atoms with van der Waals surface area (Å²) in [6.07, 6.45) is 1.18. The lowest BCUT2D eigenvalue weighted by atomic mass is 9.90. The molecular weight excluding hydrogens is 527 g/mol. The van der Waals surface area contributed by atoms with Crippen molar-refractivity contribution in [3.05, 3.63) is 92.7 Å². The number of aliphatic hydroxyl groups is 1. The number of benzene rings is 2. The number of rotatable bonds is 6. The van der Waals surface area contributed by atoms with Crippen LogP contribution in [0.1, 0.15) is 78.9 Å². The van der Waals surface area contributed by atoms with Crippen LogP contribution in [0.5, 0.6) is 0 Å². The Hall–Kier alpha value is -3.11. The third-order valence-electron chi connectivity index (χ3n) is 7.55. The van der Waals surface area contributed by atoms with Crippen molar-refractivity contribution in [2.24, 2.45) is 0 Å². The fraction of sp³-hybridized carbons (Fsp3) is 0.414. The quantitative estimate of drug-likeness (QED) is 0.386. The van der Waals surface area contributed by atoms with Gasteiger partial charge in [0.25, 0.3) is 11.5 Å². The summed E-state index contributed by atoms with van der Waals surface area (Å²) < 4.78 is 38.4. The van der Waals surface area contributed by atoms with Crippen LogP contribution in [-0.2, 0) is 23.2 Å². The minimum atomic E-state index is -4.48. The zero-order valence-corrected chi connectivity index (χ0v) is 22.5. The number of aromatic nitrogens is 2. The van der Waals surface area contributed by atoms with Gasteiger partial charge in [0.2, 0.25) is 0 Å². The van der Waals surface area contributed by atoms with Crippen molar-refractivity contribution in [2.75, 3.05) is 6.54 Å². The molecule has 1 aliphatic carbocycles. The summed E-state index contributed by atoms with van der Waals surface area (Å²) >= 11 is -0.305. The maximum Gasteiger partial charge on any atom is 0.446 e. The number of thioether (sulfide) groups is 1. The monoisotopic (exact) mass is 557 g/mol. The minimum absolute atomic E-state index is 0.0271. The Kier molecular flexibility index (Phi) is 7.37. The van der Waals surface area contributed by atoms with Crippen LogP contribution in [0.15, 0.2) is 58.2 Å². The van der Waals surface area contributed by atoms with Gasteiger partial charge in [-0.2, -0.15) is 13.2 Å². The van der Waals surface area contributed by atoms with Crippen molar-refractivity contribution >= 4 is 17.7 Å². The molecule has 206 valence electrons. The number of halogens is 3. The van der Waals surface area contributed by atoms with E-state index in [0.717, 1.165) is 24.5 Å². The molecule has 0 saturated heterocycles. The van der Waals surface area contributed by atoms with Gasteiger partial charge in [-0.05, 0) is 72.2 Å². The Morgan fingerprint density at radius 1 is 1.13 bits per heavy atom. The predicted octanol–water partition coefficient (Wildman–Crippen LogP) is 5.59. The summed E-state index contributed by atoms with van der Waals surface area (Å²) in [4.78, 5) is 35.6. The number of carbonyl (C=O) groups is 1. The Bertz CT molecular complexity index is 1450. The van der Waals surface area contributed by atoms with Crippen molar-refractivity contribution in [1.29, 1.82) is 0 Å². The first-order valence-electron chi connectivity index (χ1n) is 13.0. The van der Waals surface area contributed by atoms with E-state index in [2.05, 4.69) is 37.0 Å². The van der Waals surface area contributed by atoms with Crippen molar-refractivity contribution in [3.8, 4) is 0 Å². The van der Waals surface area contributed by atoms with Gasteiger partial charge in [0.05, 0.1) is 23.2 Å². The number of nitrogens with one attached hydrogen (secondary N) is 1. The molecule has 39 heavy (non-hydrogen) atoms. The van der Waals surface area contributed by atoms with Gasteiger partial charge in [-0.15, -0.1) is 0 Å². The number of hydrogen-bond donors (Lipinski definition) is 2. The molecule has 5 rings (SSSR count). The topological polar surface area (TPSA) is 86.3 Å². The molecule has 1 amide bonds. The summed E-state index contributed by atoms with van der Waals surface area (Å²) in [5.74, 6) is 0.361. The molecule has 1 aliphatic heterocycles. The van der Waals surface area contributed by atoms with Crippen molar-refractivity contribution in [1.82, 2.24) is 14.9 Å². The Balaban J connectivity index is 1.38. The number of aliphatic hydroxyl groups excluding tert-OH is 1. The second kappa shape index (κ2) is 10.5. The smallest absolute Gasteiger partial charge is 0.378 e. The van der Waals surface area contributed by atoms with Crippen LogP contribution < -0.4 is 5.56 Å². The molecule has 2 aromatic carbocycles. The van der Waals surface area contributed by atoms with E-state index >= 15 is 0 Å². The standard InChI is InChI=1S/C29H30F3N3O3S/c1-17(2)18-6-3-8-20(14-18)28(11-12-28)27-33-23-10-5-13-35(16-22(23)25(37)34-27)26(38)24(36)19-7-4-9-21(15-19)39-29(30,31)32/h3-4,6-9,14-15,17,24,36H,5,10-13,16H2,1-2H3,(H,33,34,37). The summed E-state index contributed by atoms with van der Waals surface area (Å²) in [7, 11) is 0. The number of nitrogens with zero attached hydrogens (tertiary/aromatic N) is 2. The van der Waals surface area contributed by atoms with Crippen molar-refractivity contribution < 1.29 is 23.1 Å². The van der Waals surface area contributed by atoms with E-state index < -0.39 is 17.5 Å². The average molecular weight is 558 g/mol. The van der Waals surface area contributed by atoms with Crippen LogP contribution in [0.3, 0.4) is 0 Å². The zero-order chi connectivity index (χ0) is 27.9. The number of alkyl halides is 3. The van der Waals surface area contributed by atoms with Gasteiger partial charge in [0.15, 0.2) is 6.10 Å². The lowest BCUT2D eigenvalue weighted by Gasteiger charge is -2.24. The predicted molar refractivity (Wildman–Crippen MR) is 142 cm³/mol. The maximum atomic E-state index is 13.3. The number of H-pyrrole nitrogens is 1.